The molecule has 0 amide bonds. The number of furan rings is 1. The molecule has 2 aromatic rings. The maximum atomic E-state index is 5.94. The Morgan fingerprint density at radius 2 is 2.05 bits per heavy atom. The fraction of sp³-hybridized carbons (Fsp3) is 0.333. The Bertz CT molecular complexity index is 549. The molecular formula is C15H17BrN2O. The van der Waals surface area contributed by atoms with E-state index in [4.69, 9.17) is 10.2 Å². The number of nitrogens with zero attached hydrogens (tertiary/aromatic N) is 1. The lowest BCUT2D eigenvalue weighted by molar-refractivity contribution is 0.225. The zero-order valence-electron chi connectivity index (χ0n) is 10.7. The molecule has 4 heteroatoms. The summed E-state index contributed by atoms with van der Waals surface area (Å²) in [6, 6.07) is 10.7. The highest BCUT2D eigenvalue weighted by molar-refractivity contribution is 9.10. The molecule has 1 aliphatic carbocycles. The van der Waals surface area contributed by atoms with Crippen LogP contribution < -0.4 is 5.73 Å². The molecule has 19 heavy (non-hydrogen) atoms. The number of nitrogens with two attached hydrogens (primary N) is 1. The molecule has 100 valence electrons. The second-order valence-corrected chi connectivity index (χ2v) is 5.83. The minimum Gasteiger partial charge on any atom is -0.468 e. The average molecular weight is 321 g/mol. The van der Waals surface area contributed by atoms with E-state index in [1.54, 1.807) is 6.26 Å². The molecule has 0 aliphatic heterocycles. The van der Waals surface area contributed by atoms with Crippen LogP contribution in [0.1, 0.15) is 24.2 Å². The van der Waals surface area contributed by atoms with Gasteiger partial charge in [-0.05, 0) is 52.5 Å². The van der Waals surface area contributed by atoms with Gasteiger partial charge >= 0.3 is 0 Å². The molecule has 3 rings (SSSR count). The quantitative estimate of drug-likeness (QED) is 0.852. The first kappa shape index (κ1) is 12.8. The van der Waals surface area contributed by atoms with E-state index in [1.165, 1.54) is 18.4 Å². The maximum absolute atomic E-state index is 5.94. The fourth-order valence-electron chi connectivity index (χ4n) is 2.30. The summed E-state index contributed by atoms with van der Waals surface area (Å²) in [5.41, 5.74) is 7.97. The van der Waals surface area contributed by atoms with Crippen molar-refractivity contribution >= 4 is 21.6 Å². The Morgan fingerprint density at radius 3 is 2.74 bits per heavy atom. The third kappa shape index (κ3) is 3.01. The van der Waals surface area contributed by atoms with E-state index in [2.05, 4.69) is 26.9 Å². The van der Waals surface area contributed by atoms with Gasteiger partial charge in [0.25, 0.3) is 0 Å². The first-order valence-electron chi connectivity index (χ1n) is 6.53. The molecule has 1 aromatic heterocycles. The first-order chi connectivity index (χ1) is 9.24. The van der Waals surface area contributed by atoms with Gasteiger partial charge in [0, 0.05) is 22.7 Å². The van der Waals surface area contributed by atoms with Crippen LogP contribution >= 0.6 is 15.9 Å². The van der Waals surface area contributed by atoms with Gasteiger partial charge in [-0.3, -0.25) is 4.90 Å². The summed E-state index contributed by atoms with van der Waals surface area (Å²) in [6.45, 7) is 1.76. The van der Waals surface area contributed by atoms with Crippen LogP contribution in [-0.4, -0.2) is 10.9 Å². The Hall–Kier alpha value is -1.26. The van der Waals surface area contributed by atoms with Gasteiger partial charge < -0.3 is 10.2 Å². The molecule has 0 saturated heterocycles. The molecule has 0 atom stereocenters. The summed E-state index contributed by atoms with van der Waals surface area (Å²) in [5, 5.41) is 0. The van der Waals surface area contributed by atoms with E-state index in [1.807, 2.05) is 24.3 Å². The van der Waals surface area contributed by atoms with Crippen molar-refractivity contribution in [2.45, 2.75) is 32.0 Å². The summed E-state index contributed by atoms with van der Waals surface area (Å²) in [4.78, 5) is 2.46. The molecule has 0 radical (unpaired) electrons. The fourth-order valence-corrected chi connectivity index (χ4v) is 2.69. The molecule has 0 bridgehead atoms. The van der Waals surface area contributed by atoms with Crippen molar-refractivity contribution in [1.82, 2.24) is 4.90 Å². The molecule has 0 spiro atoms. The van der Waals surface area contributed by atoms with Crippen molar-refractivity contribution < 1.29 is 4.42 Å². The van der Waals surface area contributed by atoms with Crippen LogP contribution in [0.3, 0.4) is 0 Å². The Balaban J connectivity index is 1.76. The zero-order valence-corrected chi connectivity index (χ0v) is 12.3. The van der Waals surface area contributed by atoms with Crippen LogP contribution in [0.5, 0.6) is 0 Å². The van der Waals surface area contributed by atoms with E-state index in [0.29, 0.717) is 6.04 Å². The van der Waals surface area contributed by atoms with E-state index >= 15 is 0 Å². The molecule has 3 nitrogen and oxygen atoms in total. The minimum atomic E-state index is 0.679. The molecule has 2 N–H and O–H groups in total. The highest BCUT2D eigenvalue weighted by Crippen LogP contribution is 2.32. The number of hydrogen-bond acceptors (Lipinski definition) is 3. The monoisotopic (exact) mass is 320 g/mol. The number of benzene rings is 1. The standard InChI is InChI=1S/C15H17BrN2O/c16-15-11(3-1-5-14(15)17)9-18(12-6-7-12)10-13-4-2-8-19-13/h1-5,8,12H,6-7,9-10,17H2. The molecule has 1 saturated carbocycles. The molecule has 1 fully saturated rings. The van der Waals surface area contributed by atoms with Crippen LogP contribution in [0, 0.1) is 0 Å². The van der Waals surface area contributed by atoms with Gasteiger partial charge in [-0.1, -0.05) is 12.1 Å². The normalized spacial score (nSPS) is 15.1. The van der Waals surface area contributed by atoms with Crippen LogP contribution in [0.25, 0.3) is 0 Å². The van der Waals surface area contributed by atoms with Crippen LogP contribution in [0.2, 0.25) is 0 Å². The third-order valence-corrected chi connectivity index (χ3v) is 4.45. The van der Waals surface area contributed by atoms with Gasteiger partial charge in [-0.15, -0.1) is 0 Å². The maximum Gasteiger partial charge on any atom is 0.117 e. The van der Waals surface area contributed by atoms with E-state index in [-0.39, 0.29) is 0 Å². The number of rotatable bonds is 5. The first-order valence-corrected chi connectivity index (χ1v) is 7.32. The smallest absolute Gasteiger partial charge is 0.117 e. The average Bonchev–Trinajstić information content (AvgIpc) is 3.13. The highest BCUT2D eigenvalue weighted by atomic mass is 79.9. The van der Waals surface area contributed by atoms with Crippen molar-refractivity contribution in [3.63, 3.8) is 0 Å². The third-order valence-electron chi connectivity index (χ3n) is 3.48. The molecule has 1 aromatic carbocycles. The molecule has 1 aliphatic rings. The van der Waals surface area contributed by atoms with Crippen molar-refractivity contribution in [2.24, 2.45) is 0 Å². The summed E-state index contributed by atoms with van der Waals surface area (Å²) in [7, 11) is 0. The highest BCUT2D eigenvalue weighted by Gasteiger charge is 2.29. The second kappa shape index (κ2) is 5.39. The summed E-state index contributed by atoms with van der Waals surface area (Å²) in [5.74, 6) is 1.02. The van der Waals surface area contributed by atoms with Crippen molar-refractivity contribution in [2.75, 3.05) is 5.73 Å². The lowest BCUT2D eigenvalue weighted by atomic mass is 10.2. The van der Waals surface area contributed by atoms with E-state index in [9.17, 15) is 0 Å². The zero-order chi connectivity index (χ0) is 13.2. The minimum absolute atomic E-state index is 0.679. The van der Waals surface area contributed by atoms with Crippen molar-refractivity contribution in [3.8, 4) is 0 Å². The Kier molecular flexibility index (Phi) is 3.62. The predicted octanol–water partition coefficient (Wildman–Crippen LogP) is 3.79. The molecule has 1 heterocycles. The van der Waals surface area contributed by atoms with Gasteiger partial charge in [0.05, 0.1) is 12.8 Å². The summed E-state index contributed by atoms with van der Waals surface area (Å²) < 4.78 is 6.47. The van der Waals surface area contributed by atoms with E-state index in [0.717, 1.165) is 29.0 Å². The predicted molar refractivity (Wildman–Crippen MR) is 79.5 cm³/mol. The number of halogens is 1. The number of nitrogen functional groups attached to an aromatic ring is 1. The van der Waals surface area contributed by atoms with Gasteiger partial charge in [0.1, 0.15) is 5.76 Å². The SMILES string of the molecule is Nc1cccc(CN(Cc2ccco2)C2CC2)c1Br. The largest absolute Gasteiger partial charge is 0.468 e. The lowest BCUT2D eigenvalue weighted by Gasteiger charge is -2.21. The van der Waals surface area contributed by atoms with Crippen LogP contribution in [0.15, 0.2) is 45.5 Å². The van der Waals surface area contributed by atoms with Gasteiger partial charge in [-0.25, -0.2) is 0 Å². The Labute approximate surface area is 121 Å². The van der Waals surface area contributed by atoms with Crippen LogP contribution in [-0.2, 0) is 13.1 Å². The van der Waals surface area contributed by atoms with E-state index < -0.39 is 0 Å². The Morgan fingerprint density at radius 1 is 1.21 bits per heavy atom. The van der Waals surface area contributed by atoms with Gasteiger partial charge in [0.2, 0.25) is 0 Å². The number of hydrogen-bond donors (Lipinski definition) is 1. The topological polar surface area (TPSA) is 42.4 Å². The summed E-state index contributed by atoms with van der Waals surface area (Å²) in [6.07, 6.45) is 4.29. The van der Waals surface area contributed by atoms with Crippen molar-refractivity contribution in [3.05, 3.63) is 52.4 Å². The molecule has 0 unspecified atom stereocenters. The van der Waals surface area contributed by atoms with Crippen LogP contribution in [0.4, 0.5) is 5.69 Å². The van der Waals surface area contributed by atoms with Crippen molar-refractivity contribution in [1.29, 1.82) is 0 Å². The summed E-state index contributed by atoms with van der Waals surface area (Å²) >= 11 is 3.58. The second-order valence-electron chi connectivity index (χ2n) is 5.04. The number of anilines is 1. The lowest BCUT2D eigenvalue weighted by Crippen LogP contribution is -2.25. The molecular weight excluding hydrogens is 304 g/mol. The van der Waals surface area contributed by atoms with Gasteiger partial charge in [0.15, 0.2) is 0 Å². The van der Waals surface area contributed by atoms with Gasteiger partial charge in [-0.2, -0.15) is 0 Å².